The van der Waals surface area contributed by atoms with Crippen molar-refractivity contribution in [1.82, 2.24) is 9.97 Å². The van der Waals surface area contributed by atoms with Gasteiger partial charge in [0.2, 0.25) is 5.95 Å². The zero-order chi connectivity index (χ0) is 12.1. The number of nitrogens with zero attached hydrogens (tertiary/aromatic N) is 3. The van der Waals surface area contributed by atoms with Crippen LogP contribution >= 0.6 is 0 Å². The van der Waals surface area contributed by atoms with E-state index in [9.17, 15) is 0 Å². The smallest absolute Gasteiger partial charge is 0.223 e. The summed E-state index contributed by atoms with van der Waals surface area (Å²) in [6.45, 7) is 2.03. The number of benzene rings is 1. The van der Waals surface area contributed by atoms with E-state index in [1.807, 2.05) is 19.1 Å². The van der Waals surface area contributed by atoms with E-state index in [2.05, 4.69) is 21.4 Å². The molecule has 4 nitrogen and oxygen atoms in total. The highest BCUT2D eigenvalue weighted by Crippen LogP contribution is 2.16. The number of nitriles is 1. The fourth-order valence-electron chi connectivity index (χ4n) is 1.50. The van der Waals surface area contributed by atoms with Gasteiger partial charge in [-0.05, 0) is 30.7 Å². The van der Waals surface area contributed by atoms with Gasteiger partial charge in [-0.1, -0.05) is 12.1 Å². The molecular formula is C13H12N4. The Balaban J connectivity index is 2.10. The minimum Gasteiger partial charge on any atom is -0.348 e. The molecule has 0 aliphatic rings. The van der Waals surface area contributed by atoms with Crippen molar-refractivity contribution in [3.05, 3.63) is 53.9 Å². The second kappa shape index (κ2) is 5.08. The molecular weight excluding hydrogens is 212 g/mol. The fourth-order valence-corrected chi connectivity index (χ4v) is 1.50. The van der Waals surface area contributed by atoms with Gasteiger partial charge in [0, 0.05) is 12.4 Å². The van der Waals surface area contributed by atoms with Crippen molar-refractivity contribution in [2.45, 2.75) is 13.0 Å². The summed E-state index contributed by atoms with van der Waals surface area (Å²) in [4.78, 5) is 8.21. The molecule has 17 heavy (non-hydrogen) atoms. The molecule has 1 heterocycles. The summed E-state index contributed by atoms with van der Waals surface area (Å²) in [7, 11) is 0. The molecule has 0 aliphatic carbocycles. The molecule has 4 heteroatoms. The minimum absolute atomic E-state index is 0.102. The number of aromatic nitrogens is 2. The monoisotopic (exact) mass is 224 g/mol. The third-order valence-corrected chi connectivity index (χ3v) is 2.45. The van der Waals surface area contributed by atoms with E-state index in [0.717, 1.165) is 5.56 Å². The number of rotatable bonds is 3. The normalized spacial score (nSPS) is 11.5. The zero-order valence-corrected chi connectivity index (χ0v) is 9.46. The van der Waals surface area contributed by atoms with Gasteiger partial charge in [-0.15, -0.1) is 0 Å². The molecule has 0 spiro atoms. The molecule has 0 aliphatic heterocycles. The van der Waals surface area contributed by atoms with Crippen molar-refractivity contribution in [3.63, 3.8) is 0 Å². The highest BCUT2D eigenvalue weighted by Gasteiger charge is 2.06. The van der Waals surface area contributed by atoms with E-state index in [4.69, 9.17) is 5.26 Å². The van der Waals surface area contributed by atoms with Crippen LogP contribution in [0.25, 0.3) is 0 Å². The summed E-state index contributed by atoms with van der Waals surface area (Å²) < 4.78 is 0. The second-order valence-electron chi connectivity index (χ2n) is 3.67. The lowest BCUT2D eigenvalue weighted by atomic mass is 10.1. The molecule has 2 rings (SSSR count). The molecule has 0 radical (unpaired) electrons. The summed E-state index contributed by atoms with van der Waals surface area (Å²) in [5.74, 6) is 0.601. The predicted octanol–water partition coefficient (Wildman–Crippen LogP) is 2.52. The first-order valence-electron chi connectivity index (χ1n) is 5.33. The maximum atomic E-state index is 8.72. The van der Waals surface area contributed by atoms with E-state index in [0.29, 0.717) is 11.5 Å². The molecule has 84 valence electrons. The van der Waals surface area contributed by atoms with Crippen LogP contribution in [-0.2, 0) is 0 Å². The van der Waals surface area contributed by atoms with Crippen LogP contribution in [0, 0.1) is 11.3 Å². The molecule has 1 aromatic carbocycles. The van der Waals surface area contributed by atoms with Gasteiger partial charge < -0.3 is 5.32 Å². The van der Waals surface area contributed by atoms with Crippen LogP contribution in [0.4, 0.5) is 5.95 Å². The number of anilines is 1. The van der Waals surface area contributed by atoms with E-state index < -0.39 is 0 Å². The van der Waals surface area contributed by atoms with E-state index in [-0.39, 0.29) is 6.04 Å². The van der Waals surface area contributed by atoms with E-state index >= 15 is 0 Å². The Hall–Kier alpha value is -2.41. The van der Waals surface area contributed by atoms with Gasteiger partial charge in [0.15, 0.2) is 0 Å². The Morgan fingerprint density at radius 2 is 1.82 bits per heavy atom. The highest BCUT2D eigenvalue weighted by molar-refractivity contribution is 5.36. The average Bonchev–Trinajstić information content (AvgIpc) is 2.40. The Morgan fingerprint density at radius 3 is 2.41 bits per heavy atom. The summed E-state index contributed by atoms with van der Waals surface area (Å²) in [6.07, 6.45) is 3.39. The van der Waals surface area contributed by atoms with Crippen molar-refractivity contribution in [2.24, 2.45) is 0 Å². The second-order valence-corrected chi connectivity index (χ2v) is 3.67. The molecule has 0 saturated heterocycles. The van der Waals surface area contributed by atoms with Gasteiger partial charge in [0.1, 0.15) is 0 Å². The predicted molar refractivity (Wildman–Crippen MR) is 65.2 cm³/mol. The Morgan fingerprint density at radius 1 is 1.18 bits per heavy atom. The van der Waals surface area contributed by atoms with Crippen LogP contribution in [0.1, 0.15) is 24.1 Å². The van der Waals surface area contributed by atoms with Gasteiger partial charge >= 0.3 is 0 Å². The lowest BCUT2D eigenvalue weighted by Gasteiger charge is -2.13. The van der Waals surface area contributed by atoms with Gasteiger partial charge in [-0.2, -0.15) is 5.26 Å². The van der Waals surface area contributed by atoms with Crippen molar-refractivity contribution < 1.29 is 0 Å². The van der Waals surface area contributed by atoms with Crippen molar-refractivity contribution in [1.29, 1.82) is 5.26 Å². The summed E-state index contributed by atoms with van der Waals surface area (Å²) in [5, 5.41) is 11.9. The number of nitrogens with one attached hydrogen (secondary N) is 1. The van der Waals surface area contributed by atoms with Crippen molar-refractivity contribution in [3.8, 4) is 6.07 Å². The topological polar surface area (TPSA) is 61.6 Å². The molecule has 1 atom stereocenters. The third kappa shape index (κ3) is 2.79. The standard InChI is InChI=1S/C13H12N4/c1-10(17-13-15-7-2-8-16-13)12-5-3-11(9-14)4-6-12/h2-8,10H,1H3,(H,15,16,17). The van der Waals surface area contributed by atoms with Crippen LogP contribution in [0.3, 0.4) is 0 Å². The summed E-state index contributed by atoms with van der Waals surface area (Å²) in [6, 6.07) is 11.4. The average molecular weight is 224 g/mol. The molecule has 2 aromatic rings. The zero-order valence-electron chi connectivity index (χ0n) is 9.46. The summed E-state index contributed by atoms with van der Waals surface area (Å²) in [5.41, 5.74) is 1.76. The Labute approximate surface area is 100.0 Å². The maximum Gasteiger partial charge on any atom is 0.223 e. The number of hydrogen-bond donors (Lipinski definition) is 1. The van der Waals surface area contributed by atoms with E-state index in [1.165, 1.54) is 0 Å². The first-order chi connectivity index (χ1) is 8.29. The van der Waals surface area contributed by atoms with Crippen molar-refractivity contribution in [2.75, 3.05) is 5.32 Å². The van der Waals surface area contributed by atoms with Crippen LogP contribution in [0.15, 0.2) is 42.7 Å². The summed E-state index contributed by atoms with van der Waals surface area (Å²) >= 11 is 0. The molecule has 1 unspecified atom stereocenters. The highest BCUT2D eigenvalue weighted by atomic mass is 15.1. The van der Waals surface area contributed by atoms with Crippen molar-refractivity contribution >= 4 is 5.95 Å². The van der Waals surface area contributed by atoms with Crippen LogP contribution < -0.4 is 5.32 Å². The lowest BCUT2D eigenvalue weighted by molar-refractivity contribution is 0.860. The minimum atomic E-state index is 0.102. The largest absolute Gasteiger partial charge is 0.348 e. The molecule has 0 amide bonds. The van der Waals surface area contributed by atoms with Gasteiger partial charge in [-0.25, -0.2) is 9.97 Å². The number of hydrogen-bond acceptors (Lipinski definition) is 4. The third-order valence-electron chi connectivity index (χ3n) is 2.45. The first kappa shape index (κ1) is 11.1. The van der Waals surface area contributed by atoms with Crippen LogP contribution in [-0.4, -0.2) is 9.97 Å². The maximum absolute atomic E-state index is 8.72. The molecule has 0 bridgehead atoms. The Bertz CT molecular complexity index is 513. The SMILES string of the molecule is CC(Nc1ncccn1)c1ccc(C#N)cc1. The lowest BCUT2D eigenvalue weighted by Crippen LogP contribution is -2.08. The molecule has 1 aromatic heterocycles. The molecule has 0 saturated carbocycles. The molecule has 1 N–H and O–H groups in total. The fraction of sp³-hybridized carbons (Fsp3) is 0.154. The van der Waals surface area contributed by atoms with Crippen LogP contribution in [0.2, 0.25) is 0 Å². The first-order valence-corrected chi connectivity index (χ1v) is 5.33. The van der Waals surface area contributed by atoms with Gasteiger partial charge in [-0.3, -0.25) is 0 Å². The van der Waals surface area contributed by atoms with Crippen LogP contribution in [0.5, 0.6) is 0 Å². The molecule has 0 fully saturated rings. The van der Waals surface area contributed by atoms with E-state index in [1.54, 1.807) is 30.6 Å². The van der Waals surface area contributed by atoms with Gasteiger partial charge in [0.25, 0.3) is 0 Å². The quantitative estimate of drug-likeness (QED) is 0.870. The van der Waals surface area contributed by atoms with Gasteiger partial charge in [0.05, 0.1) is 17.7 Å². The Kier molecular flexibility index (Phi) is 3.31.